The SMILES string of the molecule is CCNc1ccncc1S(=O)(=O)N(C)C1CCCCCC1. The Morgan fingerprint density at radius 1 is 1.29 bits per heavy atom. The van der Waals surface area contributed by atoms with E-state index < -0.39 is 10.0 Å². The fourth-order valence-electron chi connectivity index (χ4n) is 2.89. The van der Waals surface area contributed by atoms with Gasteiger partial charge in [-0.1, -0.05) is 25.7 Å². The number of aromatic nitrogens is 1. The second-order valence-corrected chi connectivity index (χ2v) is 7.53. The molecule has 1 N–H and O–H groups in total. The molecule has 1 aromatic heterocycles. The average molecular weight is 311 g/mol. The lowest BCUT2D eigenvalue weighted by Gasteiger charge is -2.27. The van der Waals surface area contributed by atoms with Crippen molar-refractivity contribution in [3.05, 3.63) is 18.5 Å². The van der Waals surface area contributed by atoms with Crippen LogP contribution in [0.4, 0.5) is 5.69 Å². The second kappa shape index (κ2) is 7.22. The number of rotatable bonds is 5. The first kappa shape index (κ1) is 16.2. The molecule has 2 rings (SSSR count). The normalized spacial score (nSPS) is 17.7. The van der Waals surface area contributed by atoms with Gasteiger partial charge in [0.1, 0.15) is 4.90 Å². The maximum absolute atomic E-state index is 12.9. The van der Waals surface area contributed by atoms with Crippen LogP contribution in [-0.4, -0.2) is 37.3 Å². The van der Waals surface area contributed by atoms with E-state index in [4.69, 9.17) is 0 Å². The minimum absolute atomic E-state index is 0.104. The first-order valence-corrected chi connectivity index (χ1v) is 9.17. The molecule has 0 atom stereocenters. The van der Waals surface area contributed by atoms with Crippen LogP contribution in [-0.2, 0) is 10.0 Å². The van der Waals surface area contributed by atoms with E-state index in [0.717, 1.165) is 25.7 Å². The molecule has 6 heteroatoms. The van der Waals surface area contributed by atoms with Crippen molar-refractivity contribution in [1.82, 2.24) is 9.29 Å². The second-order valence-electron chi connectivity index (χ2n) is 5.57. The molecule has 1 fully saturated rings. The molecule has 118 valence electrons. The number of nitrogens with zero attached hydrogens (tertiary/aromatic N) is 2. The van der Waals surface area contributed by atoms with Crippen LogP contribution >= 0.6 is 0 Å². The largest absolute Gasteiger partial charge is 0.384 e. The third-order valence-electron chi connectivity index (χ3n) is 4.15. The van der Waals surface area contributed by atoms with Gasteiger partial charge >= 0.3 is 0 Å². The molecule has 1 aliphatic carbocycles. The zero-order valence-electron chi connectivity index (χ0n) is 12.9. The van der Waals surface area contributed by atoms with Crippen molar-refractivity contribution in [2.75, 3.05) is 18.9 Å². The van der Waals surface area contributed by atoms with E-state index in [2.05, 4.69) is 10.3 Å². The number of nitrogens with one attached hydrogen (secondary N) is 1. The summed E-state index contributed by atoms with van der Waals surface area (Å²) in [5, 5.41) is 3.11. The van der Waals surface area contributed by atoms with E-state index in [0.29, 0.717) is 12.2 Å². The van der Waals surface area contributed by atoms with Crippen molar-refractivity contribution in [1.29, 1.82) is 0 Å². The van der Waals surface area contributed by atoms with E-state index in [9.17, 15) is 8.42 Å². The van der Waals surface area contributed by atoms with Crippen molar-refractivity contribution in [3.8, 4) is 0 Å². The molecule has 21 heavy (non-hydrogen) atoms. The molecule has 0 saturated heterocycles. The van der Waals surface area contributed by atoms with Crippen LogP contribution < -0.4 is 5.32 Å². The third-order valence-corrected chi connectivity index (χ3v) is 6.09. The van der Waals surface area contributed by atoms with Gasteiger partial charge in [0.15, 0.2) is 0 Å². The minimum Gasteiger partial charge on any atom is -0.384 e. The van der Waals surface area contributed by atoms with Crippen molar-refractivity contribution in [2.24, 2.45) is 0 Å². The number of pyridine rings is 1. The van der Waals surface area contributed by atoms with Crippen molar-refractivity contribution in [2.45, 2.75) is 56.4 Å². The van der Waals surface area contributed by atoms with Gasteiger partial charge in [-0.25, -0.2) is 8.42 Å². The topological polar surface area (TPSA) is 62.3 Å². The summed E-state index contributed by atoms with van der Waals surface area (Å²) in [6.45, 7) is 2.63. The summed E-state index contributed by atoms with van der Waals surface area (Å²) in [5.74, 6) is 0. The van der Waals surface area contributed by atoms with E-state index in [1.165, 1.54) is 19.0 Å². The van der Waals surface area contributed by atoms with Gasteiger partial charge in [0.2, 0.25) is 10.0 Å². The quantitative estimate of drug-likeness (QED) is 0.849. The maximum Gasteiger partial charge on any atom is 0.246 e. The van der Waals surface area contributed by atoms with E-state index >= 15 is 0 Å². The van der Waals surface area contributed by atoms with Gasteiger partial charge in [-0.2, -0.15) is 4.31 Å². The summed E-state index contributed by atoms with van der Waals surface area (Å²) in [5.41, 5.74) is 0.632. The summed E-state index contributed by atoms with van der Waals surface area (Å²) < 4.78 is 27.3. The zero-order valence-corrected chi connectivity index (χ0v) is 13.7. The molecular weight excluding hydrogens is 286 g/mol. The molecule has 0 radical (unpaired) electrons. The average Bonchev–Trinajstić information content (AvgIpc) is 2.76. The Morgan fingerprint density at radius 3 is 2.57 bits per heavy atom. The summed E-state index contributed by atoms with van der Waals surface area (Å²) in [6, 6.07) is 1.82. The zero-order chi connectivity index (χ0) is 15.3. The molecule has 0 unspecified atom stereocenters. The van der Waals surface area contributed by atoms with E-state index in [-0.39, 0.29) is 10.9 Å². The Kier molecular flexibility index (Phi) is 5.58. The van der Waals surface area contributed by atoms with Crippen LogP contribution in [0.5, 0.6) is 0 Å². The highest BCUT2D eigenvalue weighted by atomic mass is 32.2. The first-order valence-electron chi connectivity index (χ1n) is 7.73. The number of anilines is 1. The summed E-state index contributed by atoms with van der Waals surface area (Å²) >= 11 is 0. The molecule has 0 amide bonds. The fourth-order valence-corrected chi connectivity index (χ4v) is 4.42. The van der Waals surface area contributed by atoms with E-state index in [1.807, 2.05) is 6.92 Å². The van der Waals surface area contributed by atoms with Crippen LogP contribution in [0, 0.1) is 0 Å². The predicted octanol–water partition coefficient (Wildman–Crippen LogP) is 2.86. The van der Waals surface area contributed by atoms with Gasteiger partial charge in [0, 0.05) is 32.0 Å². The van der Waals surface area contributed by atoms with Crippen molar-refractivity contribution >= 4 is 15.7 Å². The van der Waals surface area contributed by atoms with Crippen molar-refractivity contribution in [3.63, 3.8) is 0 Å². The highest BCUT2D eigenvalue weighted by molar-refractivity contribution is 7.89. The molecule has 0 aromatic carbocycles. The van der Waals surface area contributed by atoms with Crippen LogP contribution in [0.2, 0.25) is 0 Å². The van der Waals surface area contributed by atoms with E-state index in [1.54, 1.807) is 23.6 Å². The highest BCUT2D eigenvalue weighted by Crippen LogP contribution is 2.28. The Balaban J connectivity index is 2.28. The molecule has 1 aromatic rings. The van der Waals surface area contributed by atoms with Gasteiger partial charge in [-0.15, -0.1) is 0 Å². The lowest BCUT2D eigenvalue weighted by Crippen LogP contribution is -2.37. The van der Waals surface area contributed by atoms with Gasteiger partial charge in [-0.05, 0) is 25.8 Å². The molecular formula is C15H25N3O2S. The minimum atomic E-state index is -3.50. The monoisotopic (exact) mass is 311 g/mol. The predicted molar refractivity (Wildman–Crippen MR) is 84.8 cm³/mol. The molecule has 5 nitrogen and oxygen atoms in total. The van der Waals surface area contributed by atoms with Gasteiger partial charge < -0.3 is 5.32 Å². The first-order chi connectivity index (χ1) is 10.1. The molecule has 1 heterocycles. The molecule has 0 spiro atoms. The Morgan fingerprint density at radius 2 is 1.95 bits per heavy atom. The van der Waals surface area contributed by atoms with Gasteiger partial charge in [-0.3, -0.25) is 4.98 Å². The van der Waals surface area contributed by atoms with Crippen molar-refractivity contribution < 1.29 is 8.42 Å². The lowest BCUT2D eigenvalue weighted by molar-refractivity contribution is 0.336. The van der Waals surface area contributed by atoms with Gasteiger partial charge in [0.25, 0.3) is 0 Å². The Bertz CT molecular complexity index is 552. The third kappa shape index (κ3) is 3.74. The Hall–Kier alpha value is -1.14. The summed E-state index contributed by atoms with van der Waals surface area (Å²) in [7, 11) is -1.80. The molecule has 1 aliphatic rings. The maximum atomic E-state index is 12.9. The van der Waals surface area contributed by atoms with Crippen LogP contribution in [0.3, 0.4) is 0 Å². The number of hydrogen-bond acceptors (Lipinski definition) is 4. The lowest BCUT2D eigenvalue weighted by atomic mass is 10.1. The van der Waals surface area contributed by atoms with Crippen LogP contribution in [0.25, 0.3) is 0 Å². The highest BCUT2D eigenvalue weighted by Gasteiger charge is 2.30. The van der Waals surface area contributed by atoms with Gasteiger partial charge in [0.05, 0.1) is 5.69 Å². The molecule has 1 saturated carbocycles. The Labute approximate surface area is 127 Å². The molecule has 0 bridgehead atoms. The fraction of sp³-hybridized carbons (Fsp3) is 0.667. The number of sulfonamides is 1. The summed E-state index contributed by atoms with van der Waals surface area (Å²) in [6.07, 6.45) is 9.59. The van der Waals surface area contributed by atoms with Crippen LogP contribution in [0.15, 0.2) is 23.4 Å². The number of hydrogen-bond donors (Lipinski definition) is 1. The summed E-state index contributed by atoms with van der Waals surface area (Å²) in [4.78, 5) is 4.27. The van der Waals surface area contributed by atoms with Crippen LogP contribution in [0.1, 0.15) is 45.4 Å². The molecule has 0 aliphatic heterocycles. The standard InChI is InChI=1S/C15H25N3O2S/c1-3-17-14-10-11-16-12-15(14)21(19,20)18(2)13-8-6-4-5-7-9-13/h10-13H,3-9H2,1-2H3,(H,16,17). The smallest absolute Gasteiger partial charge is 0.246 e.